The van der Waals surface area contributed by atoms with Crippen LogP contribution >= 0.6 is 0 Å². The largest absolute Gasteiger partial charge is 0.411 e. The highest BCUT2D eigenvalue weighted by molar-refractivity contribution is 5.92. The van der Waals surface area contributed by atoms with Crippen LogP contribution in [0.4, 0.5) is 11.4 Å². The molecule has 1 aromatic carbocycles. The Morgan fingerprint density at radius 1 is 1.24 bits per heavy atom. The van der Waals surface area contributed by atoms with E-state index < -0.39 is 0 Å². The number of rotatable bonds is 3. The van der Waals surface area contributed by atoms with Gasteiger partial charge >= 0.3 is 0 Å². The van der Waals surface area contributed by atoms with Gasteiger partial charge in [-0.25, -0.2) is 0 Å². The van der Waals surface area contributed by atoms with Crippen molar-refractivity contribution in [2.75, 3.05) is 38.0 Å². The molecule has 0 aliphatic rings. The molecule has 0 fully saturated rings. The molecule has 5 heteroatoms. The molecule has 0 spiro atoms. The maximum Gasteiger partial charge on any atom is 0.104 e. The Morgan fingerprint density at radius 2 is 1.88 bits per heavy atom. The lowest BCUT2D eigenvalue weighted by molar-refractivity contribution is 0.322. The number of nitriles is 1. The van der Waals surface area contributed by atoms with Crippen LogP contribution in [0.2, 0.25) is 0 Å². The first kappa shape index (κ1) is 12.8. The fourth-order valence-electron chi connectivity index (χ4n) is 1.73. The van der Waals surface area contributed by atoms with Gasteiger partial charge in [0.2, 0.25) is 0 Å². The van der Waals surface area contributed by atoms with E-state index >= 15 is 0 Å². The van der Waals surface area contributed by atoms with Gasteiger partial charge in [-0.15, -0.1) is 0 Å². The van der Waals surface area contributed by atoms with Gasteiger partial charge in [0.1, 0.15) is 6.07 Å². The quantitative estimate of drug-likeness (QED) is 0.487. The van der Waals surface area contributed by atoms with Crippen molar-refractivity contribution >= 4 is 17.6 Å². The molecule has 0 atom stereocenters. The maximum atomic E-state index is 9.28. The summed E-state index contributed by atoms with van der Waals surface area (Å²) in [5.74, 6) is 0. The summed E-state index contributed by atoms with van der Waals surface area (Å²) in [5, 5.41) is 20.9. The summed E-state index contributed by atoms with van der Waals surface area (Å²) in [6.07, 6.45) is 1.33. The first-order valence-corrected chi connectivity index (χ1v) is 5.12. The number of benzene rings is 1. The van der Waals surface area contributed by atoms with Gasteiger partial charge in [0.15, 0.2) is 0 Å². The third-order valence-corrected chi connectivity index (χ3v) is 2.42. The summed E-state index contributed by atoms with van der Waals surface area (Å²) in [6, 6.07) is 5.86. The summed E-state index contributed by atoms with van der Waals surface area (Å²) >= 11 is 0. The first-order valence-electron chi connectivity index (χ1n) is 5.12. The number of nitrogens with zero attached hydrogens (tertiary/aromatic N) is 4. The van der Waals surface area contributed by atoms with Crippen molar-refractivity contribution in [2.24, 2.45) is 5.16 Å². The number of hydrogen-bond acceptors (Lipinski definition) is 5. The second-order valence-electron chi connectivity index (χ2n) is 4.04. The van der Waals surface area contributed by atoms with Crippen LogP contribution in [-0.2, 0) is 0 Å². The van der Waals surface area contributed by atoms with Gasteiger partial charge in [-0.05, 0) is 12.1 Å². The second kappa shape index (κ2) is 5.21. The first-order chi connectivity index (χ1) is 8.02. The van der Waals surface area contributed by atoms with Crippen LogP contribution in [0.25, 0.3) is 0 Å². The Bertz CT molecular complexity index is 472. The predicted molar refractivity (Wildman–Crippen MR) is 69.2 cm³/mol. The van der Waals surface area contributed by atoms with Crippen LogP contribution in [0.15, 0.2) is 17.3 Å². The monoisotopic (exact) mass is 232 g/mol. The molecule has 0 saturated carbocycles. The van der Waals surface area contributed by atoms with Crippen molar-refractivity contribution in [3.8, 4) is 6.07 Å². The van der Waals surface area contributed by atoms with E-state index in [1.807, 2.05) is 50.1 Å². The minimum absolute atomic E-state index is 0.567. The molecule has 1 aromatic rings. The van der Waals surface area contributed by atoms with Crippen molar-refractivity contribution in [1.29, 1.82) is 5.26 Å². The van der Waals surface area contributed by atoms with E-state index in [-0.39, 0.29) is 0 Å². The standard InChI is InChI=1S/C12H16N4O/c1-15(2)11-6-5-9(8-14-17)12(16(3)4)10(11)7-13/h5-6,8,17H,1-4H3. The SMILES string of the molecule is CN(C)c1ccc(C=NO)c(N(C)C)c1C#N. The molecule has 1 N–H and O–H groups in total. The maximum absolute atomic E-state index is 9.28. The zero-order chi connectivity index (χ0) is 13.0. The van der Waals surface area contributed by atoms with Gasteiger partial charge in [0.05, 0.1) is 23.2 Å². The Balaban J connectivity index is 3.57. The fraction of sp³-hybridized carbons (Fsp3) is 0.333. The number of anilines is 2. The van der Waals surface area contributed by atoms with Crippen LogP contribution in [-0.4, -0.2) is 39.6 Å². The lowest BCUT2D eigenvalue weighted by atomic mass is 10.0. The molecule has 90 valence electrons. The highest BCUT2D eigenvalue weighted by Gasteiger charge is 2.15. The molecule has 0 bridgehead atoms. The summed E-state index contributed by atoms with van der Waals surface area (Å²) in [6.45, 7) is 0. The number of oxime groups is 1. The molecule has 0 saturated heterocycles. The summed E-state index contributed by atoms with van der Waals surface area (Å²) in [4.78, 5) is 3.72. The molecule has 0 aliphatic carbocycles. The molecular weight excluding hydrogens is 216 g/mol. The third kappa shape index (κ3) is 2.48. The molecule has 0 unspecified atom stereocenters. The normalized spacial score (nSPS) is 10.3. The van der Waals surface area contributed by atoms with Crippen LogP contribution in [0.3, 0.4) is 0 Å². The molecule has 1 rings (SSSR count). The van der Waals surface area contributed by atoms with Crippen molar-refractivity contribution in [3.63, 3.8) is 0 Å². The summed E-state index contributed by atoms with van der Waals surface area (Å²) in [7, 11) is 7.47. The summed E-state index contributed by atoms with van der Waals surface area (Å²) in [5.41, 5.74) is 2.86. The lowest BCUT2D eigenvalue weighted by Gasteiger charge is -2.22. The van der Waals surface area contributed by atoms with E-state index in [4.69, 9.17) is 5.21 Å². The molecule has 0 heterocycles. The molecule has 17 heavy (non-hydrogen) atoms. The molecule has 0 aromatic heterocycles. The van der Waals surface area contributed by atoms with Gasteiger partial charge in [-0.3, -0.25) is 0 Å². The minimum Gasteiger partial charge on any atom is -0.411 e. The zero-order valence-electron chi connectivity index (χ0n) is 10.5. The molecule has 0 amide bonds. The third-order valence-electron chi connectivity index (χ3n) is 2.42. The average Bonchev–Trinajstić information content (AvgIpc) is 2.27. The van der Waals surface area contributed by atoms with E-state index in [0.717, 1.165) is 11.4 Å². The van der Waals surface area contributed by atoms with Gasteiger partial charge < -0.3 is 15.0 Å². The molecular formula is C12H16N4O. The Hall–Kier alpha value is -2.22. The van der Waals surface area contributed by atoms with Crippen LogP contribution < -0.4 is 9.80 Å². The Labute approximate surface area is 101 Å². The van der Waals surface area contributed by atoms with Crippen molar-refractivity contribution in [3.05, 3.63) is 23.3 Å². The van der Waals surface area contributed by atoms with Gasteiger partial charge in [-0.1, -0.05) is 5.16 Å². The van der Waals surface area contributed by atoms with Crippen molar-refractivity contribution in [2.45, 2.75) is 0 Å². The van der Waals surface area contributed by atoms with Crippen LogP contribution in [0.1, 0.15) is 11.1 Å². The van der Waals surface area contributed by atoms with Gasteiger partial charge in [0.25, 0.3) is 0 Å². The van der Waals surface area contributed by atoms with E-state index in [2.05, 4.69) is 11.2 Å². The number of hydrogen-bond donors (Lipinski definition) is 1. The van der Waals surface area contributed by atoms with Gasteiger partial charge in [-0.2, -0.15) is 5.26 Å². The van der Waals surface area contributed by atoms with Gasteiger partial charge in [0, 0.05) is 33.8 Å². The Kier molecular flexibility index (Phi) is 3.94. The topological polar surface area (TPSA) is 62.9 Å². The molecule has 0 aliphatic heterocycles. The molecule has 0 radical (unpaired) electrons. The minimum atomic E-state index is 0.567. The lowest BCUT2D eigenvalue weighted by Crippen LogP contribution is -2.17. The summed E-state index contributed by atoms with van der Waals surface area (Å²) < 4.78 is 0. The van der Waals surface area contributed by atoms with E-state index in [1.54, 1.807) is 0 Å². The van der Waals surface area contributed by atoms with Crippen LogP contribution in [0.5, 0.6) is 0 Å². The van der Waals surface area contributed by atoms with E-state index in [0.29, 0.717) is 11.1 Å². The van der Waals surface area contributed by atoms with E-state index in [1.165, 1.54) is 6.21 Å². The fourth-order valence-corrected chi connectivity index (χ4v) is 1.73. The molecule has 5 nitrogen and oxygen atoms in total. The average molecular weight is 232 g/mol. The highest BCUT2D eigenvalue weighted by atomic mass is 16.4. The Morgan fingerprint density at radius 3 is 2.29 bits per heavy atom. The van der Waals surface area contributed by atoms with E-state index in [9.17, 15) is 5.26 Å². The zero-order valence-corrected chi connectivity index (χ0v) is 10.5. The highest BCUT2D eigenvalue weighted by Crippen LogP contribution is 2.30. The predicted octanol–water partition coefficient (Wildman–Crippen LogP) is 1.50. The van der Waals surface area contributed by atoms with Crippen LogP contribution in [0, 0.1) is 11.3 Å². The smallest absolute Gasteiger partial charge is 0.104 e. The second-order valence-corrected chi connectivity index (χ2v) is 4.04. The van der Waals surface area contributed by atoms with Crippen molar-refractivity contribution in [1.82, 2.24) is 0 Å². The van der Waals surface area contributed by atoms with Crippen molar-refractivity contribution < 1.29 is 5.21 Å².